The molecule has 0 aliphatic carbocycles. The van der Waals surface area contributed by atoms with Crippen molar-refractivity contribution in [1.82, 2.24) is 15.3 Å². The van der Waals surface area contributed by atoms with Crippen molar-refractivity contribution in [3.8, 4) is 0 Å². The van der Waals surface area contributed by atoms with Crippen LogP contribution in [0.25, 0.3) is 0 Å². The molecule has 0 bridgehead atoms. The van der Waals surface area contributed by atoms with Crippen LogP contribution in [0.5, 0.6) is 0 Å². The first-order chi connectivity index (χ1) is 7.84. The van der Waals surface area contributed by atoms with Gasteiger partial charge in [-0.15, -0.1) is 0 Å². The molecule has 3 heterocycles. The summed E-state index contributed by atoms with van der Waals surface area (Å²) in [5.41, 5.74) is 2.78. The summed E-state index contributed by atoms with van der Waals surface area (Å²) in [5, 5.41) is 3.25. The van der Waals surface area contributed by atoms with Crippen LogP contribution in [0.3, 0.4) is 0 Å². The molecular weight excluding hydrogens is 206 g/mol. The van der Waals surface area contributed by atoms with E-state index in [1.165, 1.54) is 5.56 Å². The second-order valence-electron chi connectivity index (χ2n) is 4.31. The molecule has 0 aromatic carbocycles. The second kappa shape index (κ2) is 3.99. The molecule has 16 heavy (non-hydrogen) atoms. The van der Waals surface area contributed by atoms with Gasteiger partial charge in [0.2, 0.25) is 0 Å². The van der Waals surface area contributed by atoms with Crippen LogP contribution in [0, 0.1) is 0 Å². The van der Waals surface area contributed by atoms with E-state index in [4.69, 9.17) is 4.74 Å². The summed E-state index contributed by atoms with van der Waals surface area (Å²) in [7, 11) is 0. The Bertz CT molecular complexity index is 449. The molecule has 5 heteroatoms. The van der Waals surface area contributed by atoms with Gasteiger partial charge in [0.05, 0.1) is 5.69 Å². The van der Waals surface area contributed by atoms with E-state index in [1.54, 1.807) is 0 Å². The summed E-state index contributed by atoms with van der Waals surface area (Å²) in [6, 6.07) is 0. The molecule has 2 aliphatic rings. The highest BCUT2D eigenvalue weighted by Gasteiger charge is 2.25. The topological polar surface area (TPSA) is 67.0 Å². The number of nitrogens with one attached hydrogen (secondary N) is 2. The highest BCUT2D eigenvalue weighted by molar-refractivity contribution is 5.29. The normalized spacial score (nSPS) is 24.4. The predicted molar refractivity (Wildman–Crippen MR) is 58.2 cm³/mol. The van der Waals surface area contributed by atoms with Crippen molar-refractivity contribution in [3.05, 3.63) is 27.4 Å². The summed E-state index contributed by atoms with van der Waals surface area (Å²) >= 11 is 0. The van der Waals surface area contributed by atoms with E-state index in [-0.39, 0.29) is 11.8 Å². The predicted octanol–water partition coefficient (Wildman–Crippen LogP) is 0.267. The van der Waals surface area contributed by atoms with Gasteiger partial charge in [-0.25, -0.2) is 4.79 Å². The minimum atomic E-state index is -0.257. The summed E-state index contributed by atoms with van der Waals surface area (Å²) in [6.07, 6.45) is 3.01. The van der Waals surface area contributed by atoms with Crippen molar-refractivity contribution >= 4 is 0 Å². The number of rotatable bonds is 1. The second-order valence-corrected chi connectivity index (χ2v) is 4.31. The number of fused-ring (bicyclic) bond motifs is 1. The van der Waals surface area contributed by atoms with Crippen LogP contribution in [0.15, 0.2) is 4.79 Å². The lowest BCUT2D eigenvalue weighted by Gasteiger charge is -2.21. The smallest absolute Gasteiger partial charge is 0.345 e. The molecule has 1 saturated heterocycles. The Balaban J connectivity index is 2.08. The molecule has 3 rings (SSSR count). The molecule has 1 aromatic rings. The van der Waals surface area contributed by atoms with Gasteiger partial charge in [-0.1, -0.05) is 0 Å². The maximum atomic E-state index is 11.5. The first-order valence-electron chi connectivity index (χ1n) is 5.79. The Labute approximate surface area is 93.2 Å². The maximum Gasteiger partial charge on any atom is 0.345 e. The third kappa shape index (κ3) is 1.66. The number of aromatic amines is 1. The van der Waals surface area contributed by atoms with E-state index in [1.807, 2.05) is 0 Å². The Morgan fingerprint density at radius 2 is 2.38 bits per heavy atom. The SMILES string of the molecule is O=c1nc(C2CCCO2)c2c([nH]1)CNCC2. The first kappa shape index (κ1) is 9.99. The van der Waals surface area contributed by atoms with Gasteiger partial charge in [0.25, 0.3) is 0 Å². The number of H-pyrrole nitrogens is 1. The van der Waals surface area contributed by atoms with E-state index in [0.29, 0.717) is 0 Å². The van der Waals surface area contributed by atoms with Gasteiger partial charge in [0.15, 0.2) is 0 Å². The van der Waals surface area contributed by atoms with Gasteiger partial charge in [-0.2, -0.15) is 4.98 Å². The molecule has 0 spiro atoms. The molecule has 0 radical (unpaired) electrons. The standard InChI is InChI=1S/C11H15N3O2/c15-11-13-8-6-12-4-3-7(8)10(14-11)9-2-1-5-16-9/h9,12H,1-6H2,(H,13,14,15). The Morgan fingerprint density at radius 3 is 3.19 bits per heavy atom. The molecule has 2 N–H and O–H groups in total. The number of ether oxygens (including phenoxy) is 1. The van der Waals surface area contributed by atoms with Crippen LogP contribution in [-0.2, 0) is 17.7 Å². The van der Waals surface area contributed by atoms with Crippen molar-refractivity contribution in [3.63, 3.8) is 0 Å². The minimum absolute atomic E-state index is 0.0362. The molecular formula is C11H15N3O2. The molecule has 86 valence electrons. The highest BCUT2D eigenvalue weighted by Crippen LogP contribution is 2.30. The van der Waals surface area contributed by atoms with E-state index in [0.717, 1.165) is 50.3 Å². The molecule has 2 aliphatic heterocycles. The largest absolute Gasteiger partial charge is 0.372 e. The number of aromatic nitrogens is 2. The summed E-state index contributed by atoms with van der Waals surface area (Å²) in [4.78, 5) is 18.4. The van der Waals surface area contributed by atoms with E-state index in [2.05, 4.69) is 15.3 Å². The molecule has 1 atom stereocenters. The number of hydrogen-bond donors (Lipinski definition) is 2. The quantitative estimate of drug-likeness (QED) is 0.714. The highest BCUT2D eigenvalue weighted by atomic mass is 16.5. The lowest BCUT2D eigenvalue weighted by molar-refractivity contribution is 0.107. The van der Waals surface area contributed by atoms with Gasteiger partial charge >= 0.3 is 5.69 Å². The molecule has 1 aromatic heterocycles. The third-order valence-electron chi connectivity index (χ3n) is 3.24. The monoisotopic (exact) mass is 221 g/mol. The maximum absolute atomic E-state index is 11.5. The Morgan fingerprint density at radius 1 is 1.44 bits per heavy atom. The Kier molecular flexibility index (Phi) is 2.49. The summed E-state index contributed by atoms with van der Waals surface area (Å²) in [5.74, 6) is 0. The van der Waals surface area contributed by atoms with Crippen molar-refractivity contribution in [2.45, 2.75) is 31.9 Å². The van der Waals surface area contributed by atoms with Gasteiger partial charge < -0.3 is 15.0 Å². The van der Waals surface area contributed by atoms with Crippen LogP contribution < -0.4 is 11.0 Å². The average Bonchev–Trinajstić information content (AvgIpc) is 2.81. The molecule has 1 fully saturated rings. The van der Waals surface area contributed by atoms with E-state index >= 15 is 0 Å². The zero-order chi connectivity index (χ0) is 11.0. The Hall–Kier alpha value is -1.20. The van der Waals surface area contributed by atoms with Crippen LogP contribution in [0.1, 0.15) is 35.9 Å². The molecule has 0 amide bonds. The van der Waals surface area contributed by atoms with Crippen molar-refractivity contribution in [2.75, 3.05) is 13.2 Å². The van der Waals surface area contributed by atoms with Crippen molar-refractivity contribution < 1.29 is 4.74 Å². The average molecular weight is 221 g/mol. The zero-order valence-electron chi connectivity index (χ0n) is 9.08. The zero-order valence-corrected chi connectivity index (χ0v) is 9.08. The van der Waals surface area contributed by atoms with Crippen LogP contribution in [0.2, 0.25) is 0 Å². The summed E-state index contributed by atoms with van der Waals surface area (Å²) < 4.78 is 5.62. The lowest BCUT2D eigenvalue weighted by atomic mass is 10.00. The fraction of sp³-hybridized carbons (Fsp3) is 0.636. The summed E-state index contributed by atoms with van der Waals surface area (Å²) in [6.45, 7) is 2.46. The fourth-order valence-corrected chi connectivity index (χ4v) is 2.48. The van der Waals surface area contributed by atoms with Gasteiger partial charge in [0, 0.05) is 18.8 Å². The first-order valence-corrected chi connectivity index (χ1v) is 5.79. The van der Waals surface area contributed by atoms with Crippen LogP contribution in [0.4, 0.5) is 0 Å². The van der Waals surface area contributed by atoms with Gasteiger partial charge in [-0.05, 0) is 31.4 Å². The molecule has 1 unspecified atom stereocenters. The van der Waals surface area contributed by atoms with E-state index in [9.17, 15) is 4.79 Å². The third-order valence-corrected chi connectivity index (χ3v) is 3.24. The number of hydrogen-bond acceptors (Lipinski definition) is 4. The number of nitrogens with zero attached hydrogens (tertiary/aromatic N) is 1. The minimum Gasteiger partial charge on any atom is -0.372 e. The van der Waals surface area contributed by atoms with Gasteiger partial charge in [-0.3, -0.25) is 0 Å². The van der Waals surface area contributed by atoms with Gasteiger partial charge in [0.1, 0.15) is 6.10 Å². The van der Waals surface area contributed by atoms with Crippen molar-refractivity contribution in [2.24, 2.45) is 0 Å². The van der Waals surface area contributed by atoms with E-state index < -0.39 is 0 Å². The van der Waals surface area contributed by atoms with Crippen LogP contribution >= 0.6 is 0 Å². The molecule has 0 saturated carbocycles. The molecule has 5 nitrogen and oxygen atoms in total. The van der Waals surface area contributed by atoms with Crippen molar-refractivity contribution in [1.29, 1.82) is 0 Å². The fourth-order valence-electron chi connectivity index (χ4n) is 2.48. The lowest BCUT2D eigenvalue weighted by Crippen LogP contribution is -2.31. The van der Waals surface area contributed by atoms with Crippen LogP contribution in [-0.4, -0.2) is 23.1 Å².